The van der Waals surface area contributed by atoms with Gasteiger partial charge in [-0.2, -0.15) is 0 Å². The van der Waals surface area contributed by atoms with Gasteiger partial charge in [-0.3, -0.25) is 24.0 Å². The van der Waals surface area contributed by atoms with Gasteiger partial charge in [-0.05, 0) is 18.1 Å². The van der Waals surface area contributed by atoms with Gasteiger partial charge in [0.1, 0.15) is 29.5 Å². The number of hydrogen-bond acceptors (Lipinski definition) is 13. The Morgan fingerprint density at radius 2 is 1.23 bits per heavy atom. The number of ether oxygens (including phenoxy) is 6. The summed E-state index contributed by atoms with van der Waals surface area (Å²) in [5, 5.41) is 24.2. The van der Waals surface area contributed by atoms with Crippen molar-refractivity contribution in [2.24, 2.45) is 16.7 Å². The fourth-order valence-electron chi connectivity index (χ4n) is 8.11. The predicted octanol–water partition coefficient (Wildman–Crippen LogP) is 1.29. The normalized spacial score (nSPS) is 41.1. The van der Waals surface area contributed by atoms with Gasteiger partial charge in [0.15, 0.2) is 12.2 Å². The average molecular weight is 611 g/mol. The molecule has 1 aliphatic heterocycles. The van der Waals surface area contributed by atoms with Gasteiger partial charge in [-0.1, -0.05) is 20.8 Å². The van der Waals surface area contributed by atoms with Crippen LogP contribution in [0.2, 0.25) is 0 Å². The molecule has 0 amide bonds. The zero-order valence-electron chi connectivity index (χ0n) is 26.0. The standard InChI is InChI=1S/C30H42O13/c1-13-19(36)11-30(37)26(43-18(6)35)24-28(9,20(39-14(2)31)10-21(40-15(3)32)29(24)12-38-29)25(42-17(5)34)23(41-16(4)33)22(13)27(30,7)8/h19-21,23-26,36-37H,10-12H2,1-9H3/t19-,20-,21-,23+,24-,25-,26+,28+,29+,30+/m0/s1. The first-order valence-electron chi connectivity index (χ1n) is 14.4. The van der Waals surface area contributed by atoms with Crippen molar-refractivity contribution in [3.8, 4) is 0 Å². The Balaban J connectivity index is 2.18. The molecule has 13 nitrogen and oxygen atoms in total. The van der Waals surface area contributed by atoms with Crippen molar-refractivity contribution in [1.29, 1.82) is 0 Å². The molecule has 10 atom stereocenters. The molecule has 43 heavy (non-hydrogen) atoms. The van der Waals surface area contributed by atoms with E-state index in [1.54, 1.807) is 27.7 Å². The van der Waals surface area contributed by atoms with Crippen LogP contribution in [-0.4, -0.2) is 94.5 Å². The van der Waals surface area contributed by atoms with Gasteiger partial charge in [-0.15, -0.1) is 0 Å². The summed E-state index contributed by atoms with van der Waals surface area (Å²) in [4.78, 5) is 63.1. The third-order valence-electron chi connectivity index (χ3n) is 9.97. The number of carbonyl (C=O) groups excluding carboxylic acids is 5. The lowest BCUT2D eigenvalue weighted by Crippen LogP contribution is -2.76. The van der Waals surface area contributed by atoms with Crippen molar-refractivity contribution in [1.82, 2.24) is 0 Å². The number of aliphatic hydroxyl groups excluding tert-OH is 1. The molecule has 0 aromatic heterocycles. The molecular formula is C30H42O13. The van der Waals surface area contributed by atoms with Crippen molar-refractivity contribution in [3.05, 3.63) is 11.1 Å². The molecular weight excluding hydrogens is 568 g/mol. The lowest BCUT2D eigenvalue weighted by Gasteiger charge is -2.64. The topological polar surface area (TPSA) is 184 Å². The second kappa shape index (κ2) is 10.8. The highest BCUT2D eigenvalue weighted by atomic mass is 16.6. The second-order valence-corrected chi connectivity index (χ2v) is 13.0. The van der Waals surface area contributed by atoms with E-state index in [1.165, 1.54) is 27.7 Å². The fraction of sp³-hybridized carbons (Fsp3) is 0.767. The molecule has 2 bridgehead atoms. The Hall–Kier alpha value is -3.03. The molecule has 3 aliphatic carbocycles. The lowest BCUT2D eigenvalue weighted by atomic mass is 9.45. The summed E-state index contributed by atoms with van der Waals surface area (Å²) >= 11 is 0. The van der Waals surface area contributed by atoms with Crippen LogP contribution in [0.4, 0.5) is 0 Å². The molecule has 0 unspecified atom stereocenters. The number of fused-ring (bicyclic) bond motifs is 4. The van der Waals surface area contributed by atoms with E-state index < -0.39 is 94.4 Å². The van der Waals surface area contributed by atoms with Crippen LogP contribution in [0.5, 0.6) is 0 Å². The molecule has 1 heterocycles. The smallest absolute Gasteiger partial charge is 0.303 e. The van der Waals surface area contributed by atoms with E-state index in [1.807, 2.05) is 0 Å². The van der Waals surface area contributed by atoms with Gasteiger partial charge < -0.3 is 38.6 Å². The molecule has 1 saturated heterocycles. The van der Waals surface area contributed by atoms with Crippen molar-refractivity contribution in [2.45, 2.75) is 123 Å². The minimum atomic E-state index is -2.05. The van der Waals surface area contributed by atoms with Crippen LogP contribution in [0.3, 0.4) is 0 Å². The zero-order chi connectivity index (χ0) is 32.4. The van der Waals surface area contributed by atoms with E-state index in [-0.39, 0.29) is 25.0 Å². The van der Waals surface area contributed by atoms with E-state index in [0.29, 0.717) is 5.57 Å². The van der Waals surface area contributed by atoms with E-state index >= 15 is 0 Å². The van der Waals surface area contributed by atoms with Gasteiger partial charge in [0.05, 0.1) is 18.1 Å². The van der Waals surface area contributed by atoms with E-state index in [0.717, 1.165) is 6.92 Å². The lowest BCUT2D eigenvalue weighted by molar-refractivity contribution is -0.284. The second-order valence-electron chi connectivity index (χ2n) is 13.0. The Kier molecular flexibility index (Phi) is 8.29. The highest BCUT2D eigenvalue weighted by Crippen LogP contribution is 2.66. The largest absolute Gasteiger partial charge is 0.462 e. The molecule has 2 saturated carbocycles. The van der Waals surface area contributed by atoms with Crippen LogP contribution in [0.25, 0.3) is 0 Å². The van der Waals surface area contributed by atoms with Gasteiger partial charge in [-0.25, -0.2) is 0 Å². The number of esters is 5. The molecule has 3 fully saturated rings. The van der Waals surface area contributed by atoms with E-state index in [9.17, 15) is 34.2 Å². The van der Waals surface area contributed by atoms with Crippen LogP contribution in [0.15, 0.2) is 11.1 Å². The van der Waals surface area contributed by atoms with Crippen LogP contribution < -0.4 is 0 Å². The number of rotatable bonds is 5. The van der Waals surface area contributed by atoms with Crippen molar-refractivity contribution < 1.29 is 62.6 Å². The van der Waals surface area contributed by atoms with Gasteiger partial charge >= 0.3 is 29.8 Å². The number of hydrogen-bond donors (Lipinski definition) is 2. The SMILES string of the molecule is CC(=O)O[C@@H]1C2=C(C)[C@@H](O)C[C@@](O)([C@H](OC(C)=O)[C@@H]3[C@@]4(CO4)[C@@H](OC(C)=O)C[C@H](OC(C)=O)[C@@]3(C)[C@H]1OC(C)=O)C2(C)C. The van der Waals surface area contributed by atoms with Crippen LogP contribution in [0.1, 0.15) is 75.2 Å². The van der Waals surface area contributed by atoms with E-state index in [2.05, 4.69) is 0 Å². The van der Waals surface area contributed by atoms with Crippen molar-refractivity contribution >= 4 is 29.8 Å². The average Bonchev–Trinajstić information content (AvgIpc) is 3.63. The first-order valence-corrected chi connectivity index (χ1v) is 14.4. The summed E-state index contributed by atoms with van der Waals surface area (Å²) in [5.74, 6) is -4.82. The third-order valence-corrected chi connectivity index (χ3v) is 9.97. The molecule has 0 aromatic carbocycles. The number of epoxide rings is 1. The Morgan fingerprint density at radius 3 is 1.70 bits per heavy atom. The summed E-state index contributed by atoms with van der Waals surface area (Å²) in [5.41, 5.74) is -5.78. The Labute approximate surface area is 250 Å². The van der Waals surface area contributed by atoms with Gasteiger partial charge in [0, 0.05) is 58.8 Å². The molecule has 0 aromatic rings. The Morgan fingerprint density at radius 1 is 0.767 bits per heavy atom. The maximum atomic E-state index is 12.8. The third kappa shape index (κ3) is 5.12. The molecule has 1 spiro atoms. The molecule has 4 rings (SSSR count). The molecule has 2 N–H and O–H groups in total. The van der Waals surface area contributed by atoms with Gasteiger partial charge in [0.2, 0.25) is 0 Å². The highest BCUT2D eigenvalue weighted by Gasteiger charge is 2.80. The van der Waals surface area contributed by atoms with Crippen LogP contribution >= 0.6 is 0 Å². The summed E-state index contributed by atoms with van der Waals surface area (Å²) < 4.78 is 35.6. The molecule has 0 radical (unpaired) electrons. The first-order chi connectivity index (χ1) is 19.7. The highest BCUT2D eigenvalue weighted by molar-refractivity contribution is 5.70. The summed E-state index contributed by atoms with van der Waals surface area (Å²) in [6.07, 6.45) is -8.19. The quantitative estimate of drug-likeness (QED) is 0.197. The van der Waals surface area contributed by atoms with Crippen LogP contribution in [-0.2, 0) is 52.4 Å². The summed E-state index contributed by atoms with van der Waals surface area (Å²) in [6, 6.07) is 0. The molecule has 13 heteroatoms. The van der Waals surface area contributed by atoms with Gasteiger partial charge in [0.25, 0.3) is 0 Å². The van der Waals surface area contributed by atoms with E-state index in [4.69, 9.17) is 28.4 Å². The fourth-order valence-corrected chi connectivity index (χ4v) is 8.11. The van der Waals surface area contributed by atoms with Crippen molar-refractivity contribution in [3.63, 3.8) is 0 Å². The summed E-state index contributed by atoms with van der Waals surface area (Å²) in [7, 11) is 0. The maximum Gasteiger partial charge on any atom is 0.303 e. The minimum absolute atomic E-state index is 0.0123. The molecule has 240 valence electrons. The van der Waals surface area contributed by atoms with Crippen LogP contribution in [0, 0.1) is 16.7 Å². The number of aliphatic hydroxyl groups is 2. The maximum absolute atomic E-state index is 12.8. The monoisotopic (exact) mass is 610 g/mol. The molecule has 4 aliphatic rings. The summed E-state index contributed by atoms with van der Waals surface area (Å²) in [6.45, 7) is 12.5. The Bertz CT molecular complexity index is 1250. The first kappa shape index (κ1) is 32.9. The predicted molar refractivity (Wildman–Crippen MR) is 145 cm³/mol. The minimum Gasteiger partial charge on any atom is -0.462 e. The zero-order valence-corrected chi connectivity index (χ0v) is 26.0. The van der Waals surface area contributed by atoms with Crippen molar-refractivity contribution in [2.75, 3.05) is 6.61 Å². The number of carbonyl (C=O) groups is 5.